The van der Waals surface area contributed by atoms with E-state index in [-0.39, 0.29) is 0 Å². The molecule has 0 aromatic carbocycles. The smallest absolute Gasteiger partial charge is 0.317 e. The van der Waals surface area contributed by atoms with Crippen LogP contribution in [0.1, 0.15) is 45.4 Å². The molecule has 132 valence electrons. The fourth-order valence-electron chi connectivity index (χ4n) is 3.29. The summed E-state index contributed by atoms with van der Waals surface area (Å²) in [5.74, 6) is 0. The van der Waals surface area contributed by atoms with Crippen molar-refractivity contribution >= 4 is 35.0 Å². The summed E-state index contributed by atoms with van der Waals surface area (Å²) in [7, 11) is -8.05. The lowest BCUT2D eigenvalue weighted by Crippen LogP contribution is -2.61. The Balaban J connectivity index is 2.55. The molecule has 8 heteroatoms. The van der Waals surface area contributed by atoms with Crippen LogP contribution in [0.3, 0.4) is 0 Å². The van der Waals surface area contributed by atoms with Crippen LogP contribution < -0.4 is 0 Å². The molecule has 0 aromatic heterocycles. The summed E-state index contributed by atoms with van der Waals surface area (Å²) in [4.78, 5) is 0. The maximum Gasteiger partial charge on any atom is 0.317 e. The van der Waals surface area contributed by atoms with Gasteiger partial charge in [0, 0.05) is 0 Å². The molecule has 2 atom stereocenters. The highest BCUT2D eigenvalue weighted by Gasteiger charge is 2.48. The van der Waals surface area contributed by atoms with Crippen LogP contribution in [0, 0.1) is 0 Å². The molecular formula is C14H36O4Si4. The molecule has 0 saturated carbocycles. The van der Waals surface area contributed by atoms with E-state index >= 15 is 0 Å². The zero-order chi connectivity index (χ0) is 16.9. The third-order valence-corrected chi connectivity index (χ3v) is 19.6. The lowest BCUT2D eigenvalue weighted by atomic mass is 10.1. The van der Waals surface area contributed by atoms with Crippen LogP contribution in [-0.4, -0.2) is 35.0 Å². The summed E-state index contributed by atoms with van der Waals surface area (Å²) in [5, 5.41) is 0. The highest BCUT2D eigenvalue weighted by molar-refractivity contribution is 6.89. The Morgan fingerprint density at radius 2 is 1.32 bits per heavy atom. The van der Waals surface area contributed by atoms with E-state index in [1.807, 2.05) is 0 Å². The first kappa shape index (κ1) is 20.8. The molecule has 1 saturated heterocycles. The molecule has 1 rings (SSSR count). The molecule has 2 unspecified atom stereocenters. The van der Waals surface area contributed by atoms with Gasteiger partial charge in [-0.2, -0.15) is 0 Å². The van der Waals surface area contributed by atoms with Crippen molar-refractivity contribution in [3.63, 3.8) is 0 Å². The van der Waals surface area contributed by atoms with Gasteiger partial charge < -0.3 is 16.5 Å². The van der Waals surface area contributed by atoms with E-state index in [4.69, 9.17) is 16.5 Å². The first-order chi connectivity index (χ1) is 10.1. The summed E-state index contributed by atoms with van der Waals surface area (Å²) in [5.41, 5.74) is 0. The Kier molecular flexibility index (Phi) is 8.21. The zero-order valence-corrected chi connectivity index (χ0v) is 19.8. The van der Waals surface area contributed by atoms with Gasteiger partial charge in [-0.05, 0) is 45.3 Å². The van der Waals surface area contributed by atoms with Crippen LogP contribution in [0.25, 0.3) is 0 Å². The molecule has 4 nitrogen and oxygen atoms in total. The van der Waals surface area contributed by atoms with E-state index in [1.165, 1.54) is 38.5 Å². The van der Waals surface area contributed by atoms with Crippen molar-refractivity contribution < 1.29 is 16.5 Å². The Bertz CT molecular complexity index is 341. The monoisotopic (exact) mass is 380 g/mol. The quantitative estimate of drug-likeness (QED) is 0.471. The van der Waals surface area contributed by atoms with Crippen molar-refractivity contribution in [2.75, 3.05) is 0 Å². The average molecular weight is 381 g/mol. The first-order valence-corrected chi connectivity index (χ1v) is 19.1. The van der Waals surface area contributed by atoms with Gasteiger partial charge in [0.2, 0.25) is 0 Å². The van der Waals surface area contributed by atoms with Gasteiger partial charge in [-0.3, -0.25) is 0 Å². The van der Waals surface area contributed by atoms with E-state index in [2.05, 4.69) is 46.2 Å². The molecule has 1 aliphatic rings. The maximum atomic E-state index is 6.52. The van der Waals surface area contributed by atoms with E-state index in [0.717, 1.165) is 6.04 Å². The van der Waals surface area contributed by atoms with Gasteiger partial charge in [0.1, 0.15) is 0 Å². The summed E-state index contributed by atoms with van der Waals surface area (Å²) < 4.78 is 25.4. The summed E-state index contributed by atoms with van der Waals surface area (Å²) >= 11 is 0. The summed E-state index contributed by atoms with van der Waals surface area (Å²) in [6.45, 7) is 15.1. The predicted octanol–water partition coefficient (Wildman–Crippen LogP) is 4.75. The molecule has 0 spiro atoms. The van der Waals surface area contributed by atoms with Crippen molar-refractivity contribution in [2.45, 2.75) is 90.8 Å². The zero-order valence-electron chi connectivity index (χ0n) is 15.7. The fraction of sp³-hybridized carbons (Fsp3) is 1.00. The largest absolute Gasteiger partial charge is 0.418 e. The summed E-state index contributed by atoms with van der Waals surface area (Å²) in [6.07, 6.45) is 7.84. The third kappa shape index (κ3) is 8.00. The number of rotatable bonds is 7. The van der Waals surface area contributed by atoms with Crippen molar-refractivity contribution in [1.29, 1.82) is 0 Å². The normalized spacial score (nSPS) is 31.5. The van der Waals surface area contributed by atoms with Crippen molar-refractivity contribution in [1.82, 2.24) is 0 Å². The van der Waals surface area contributed by atoms with Crippen LogP contribution in [0.4, 0.5) is 0 Å². The minimum absolute atomic E-state index is 1.07. The SMILES string of the molecule is CCCCCCCC[Si]1(C)O[SiH](C)O[Si](C)(C)O[Si](C)(C)O1. The van der Waals surface area contributed by atoms with Crippen molar-refractivity contribution in [3.8, 4) is 0 Å². The second-order valence-electron chi connectivity index (χ2n) is 7.46. The van der Waals surface area contributed by atoms with Gasteiger partial charge >= 0.3 is 35.0 Å². The molecule has 1 fully saturated rings. The van der Waals surface area contributed by atoms with Crippen LogP contribution in [-0.2, 0) is 16.5 Å². The standard InChI is InChI=1S/C14H36O4Si4/c1-8-9-10-11-12-13-14-22(7)16-19(2)15-20(3,4)17-21(5,6)18-22/h19H,8-14H2,1-7H3. The highest BCUT2D eigenvalue weighted by atomic mass is 28.5. The fourth-order valence-corrected chi connectivity index (χ4v) is 22.4. The topological polar surface area (TPSA) is 36.9 Å². The van der Waals surface area contributed by atoms with E-state index in [0.29, 0.717) is 0 Å². The van der Waals surface area contributed by atoms with Crippen LogP contribution >= 0.6 is 0 Å². The van der Waals surface area contributed by atoms with Crippen molar-refractivity contribution in [2.24, 2.45) is 0 Å². The Labute approximate surface area is 142 Å². The van der Waals surface area contributed by atoms with Gasteiger partial charge in [-0.25, -0.2) is 0 Å². The minimum atomic E-state index is -2.16. The molecule has 0 N–H and O–H groups in total. The first-order valence-electron chi connectivity index (χ1n) is 8.83. The highest BCUT2D eigenvalue weighted by Crippen LogP contribution is 2.30. The summed E-state index contributed by atoms with van der Waals surface area (Å²) in [6, 6.07) is 1.07. The van der Waals surface area contributed by atoms with Gasteiger partial charge in [0.15, 0.2) is 0 Å². The number of hydrogen-bond acceptors (Lipinski definition) is 4. The third-order valence-electron chi connectivity index (χ3n) is 3.80. The number of hydrogen-bond donors (Lipinski definition) is 0. The Morgan fingerprint density at radius 1 is 0.727 bits per heavy atom. The molecule has 0 aliphatic carbocycles. The predicted molar refractivity (Wildman–Crippen MR) is 102 cm³/mol. The van der Waals surface area contributed by atoms with Gasteiger partial charge in [0.25, 0.3) is 0 Å². The van der Waals surface area contributed by atoms with Gasteiger partial charge in [-0.15, -0.1) is 0 Å². The molecule has 0 radical (unpaired) electrons. The molecule has 0 amide bonds. The lowest BCUT2D eigenvalue weighted by molar-refractivity contribution is 0.246. The molecule has 1 aliphatic heterocycles. The van der Waals surface area contributed by atoms with Gasteiger partial charge in [-0.1, -0.05) is 45.4 Å². The molecule has 22 heavy (non-hydrogen) atoms. The van der Waals surface area contributed by atoms with E-state index in [1.54, 1.807) is 0 Å². The van der Waals surface area contributed by atoms with Crippen LogP contribution in [0.2, 0.25) is 45.3 Å². The molecular weight excluding hydrogens is 344 g/mol. The maximum absolute atomic E-state index is 6.52. The average Bonchev–Trinajstić information content (AvgIpc) is 2.28. The number of unbranched alkanes of at least 4 members (excludes halogenated alkanes) is 5. The Hall–Kier alpha value is 0.708. The molecule has 0 bridgehead atoms. The van der Waals surface area contributed by atoms with Crippen molar-refractivity contribution in [3.05, 3.63) is 0 Å². The molecule has 1 heterocycles. The van der Waals surface area contributed by atoms with Gasteiger partial charge in [0.05, 0.1) is 0 Å². The molecule has 0 aromatic rings. The van der Waals surface area contributed by atoms with Crippen LogP contribution in [0.15, 0.2) is 0 Å². The Morgan fingerprint density at radius 3 is 1.95 bits per heavy atom. The van der Waals surface area contributed by atoms with E-state index in [9.17, 15) is 0 Å². The minimum Gasteiger partial charge on any atom is -0.418 e. The lowest BCUT2D eigenvalue weighted by Gasteiger charge is -2.44. The second kappa shape index (κ2) is 8.70. The van der Waals surface area contributed by atoms with E-state index < -0.39 is 35.0 Å². The second-order valence-corrected chi connectivity index (χ2v) is 20.5. The van der Waals surface area contributed by atoms with Crippen LogP contribution in [0.5, 0.6) is 0 Å².